The lowest BCUT2D eigenvalue weighted by atomic mass is 9.83. The third-order valence-corrected chi connectivity index (χ3v) is 5.34. The van der Waals surface area contributed by atoms with Gasteiger partial charge in [0.05, 0.1) is 17.6 Å². The number of hydrogen-bond acceptors (Lipinski definition) is 3. The summed E-state index contributed by atoms with van der Waals surface area (Å²) < 4.78 is 6.84. The average molecular weight is 423 g/mol. The highest BCUT2D eigenvalue weighted by Gasteiger charge is 2.45. The lowest BCUT2D eigenvalue weighted by Crippen LogP contribution is -2.45. The molecule has 2 aliphatic heterocycles. The van der Waals surface area contributed by atoms with Gasteiger partial charge in [-0.2, -0.15) is 0 Å². The smallest absolute Gasteiger partial charge is 0.308 e. The number of anilines is 1. The molecule has 1 fully saturated rings. The first-order valence-corrected chi connectivity index (χ1v) is 8.94. The Morgan fingerprint density at radius 2 is 2.04 bits per heavy atom. The van der Waals surface area contributed by atoms with E-state index >= 15 is 0 Å². The molecule has 2 heterocycles. The molecule has 2 aromatic rings. The molecule has 5 nitrogen and oxygen atoms in total. The molecular formula is C18H13BrClNO4. The van der Waals surface area contributed by atoms with Crippen LogP contribution in [0, 0.1) is 5.92 Å². The van der Waals surface area contributed by atoms with E-state index in [1.54, 1.807) is 30.3 Å². The summed E-state index contributed by atoms with van der Waals surface area (Å²) in [5.74, 6) is -0.768. The third-order valence-electron chi connectivity index (χ3n) is 4.61. The van der Waals surface area contributed by atoms with Crippen LogP contribution in [0.25, 0.3) is 0 Å². The van der Waals surface area contributed by atoms with Gasteiger partial charge in [-0.05, 0) is 36.8 Å². The van der Waals surface area contributed by atoms with Gasteiger partial charge in [-0.1, -0.05) is 33.6 Å². The van der Waals surface area contributed by atoms with Crippen molar-refractivity contribution in [1.82, 2.24) is 0 Å². The first-order valence-electron chi connectivity index (χ1n) is 7.77. The van der Waals surface area contributed by atoms with Crippen molar-refractivity contribution in [3.05, 3.63) is 51.5 Å². The van der Waals surface area contributed by atoms with E-state index in [0.717, 1.165) is 4.47 Å². The van der Waals surface area contributed by atoms with Crippen LogP contribution in [0.3, 0.4) is 0 Å². The van der Waals surface area contributed by atoms with Crippen LogP contribution < -0.4 is 9.64 Å². The zero-order valence-electron chi connectivity index (χ0n) is 12.9. The van der Waals surface area contributed by atoms with Gasteiger partial charge in [0.1, 0.15) is 5.75 Å². The quantitative estimate of drug-likeness (QED) is 0.718. The summed E-state index contributed by atoms with van der Waals surface area (Å²) in [7, 11) is 0. The Balaban J connectivity index is 2.00. The molecule has 2 unspecified atom stereocenters. The number of amides is 1. The monoisotopic (exact) mass is 421 g/mol. The van der Waals surface area contributed by atoms with Crippen LogP contribution in [0.1, 0.15) is 24.4 Å². The van der Waals surface area contributed by atoms with Gasteiger partial charge >= 0.3 is 5.97 Å². The molecule has 2 aromatic carbocycles. The highest BCUT2D eigenvalue weighted by atomic mass is 79.9. The number of carbonyl (C=O) groups excluding carboxylic acids is 1. The molecule has 4 rings (SSSR count). The fraction of sp³-hybridized carbons (Fsp3) is 0.222. The SMILES string of the molecule is O=C(O)C1CCC(=O)N2c3cc(Cl)ccc3Oc3cc(Br)ccc3C12. The maximum atomic E-state index is 12.7. The Morgan fingerprint density at radius 1 is 1.24 bits per heavy atom. The second-order valence-corrected chi connectivity index (χ2v) is 7.44. The van der Waals surface area contributed by atoms with Crippen molar-refractivity contribution < 1.29 is 19.4 Å². The Kier molecular flexibility index (Phi) is 3.96. The summed E-state index contributed by atoms with van der Waals surface area (Å²) in [4.78, 5) is 26.1. The number of carboxylic acid groups (broad SMARTS) is 1. The Morgan fingerprint density at radius 3 is 2.80 bits per heavy atom. The number of hydrogen-bond donors (Lipinski definition) is 1. The molecule has 0 aromatic heterocycles. The minimum absolute atomic E-state index is 0.134. The highest BCUT2D eigenvalue weighted by molar-refractivity contribution is 9.10. The maximum Gasteiger partial charge on any atom is 0.308 e. The van der Waals surface area contributed by atoms with Crippen LogP contribution in [0.4, 0.5) is 5.69 Å². The summed E-state index contributed by atoms with van der Waals surface area (Å²) in [6.07, 6.45) is 0.464. The van der Waals surface area contributed by atoms with E-state index in [0.29, 0.717) is 34.2 Å². The van der Waals surface area contributed by atoms with Crippen molar-refractivity contribution >= 4 is 45.1 Å². The van der Waals surface area contributed by atoms with Crippen LogP contribution in [-0.4, -0.2) is 17.0 Å². The van der Waals surface area contributed by atoms with Crippen LogP contribution >= 0.6 is 27.5 Å². The van der Waals surface area contributed by atoms with Gasteiger partial charge in [-0.25, -0.2) is 0 Å². The van der Waals surface area contributed by atoms with Crippen LogP contribution in [0.15, 0.2) is 40.9 Å². The van der Waals surface area contributed by atoms with Crippen molar-refractivity contribution in [3.8, 4) is 11.5 Å². The number of rotatable bonds is 1. The van der Waals surface area contributed by atoms with Gasteiger partial charge in [0.15, 0.2) is 5.75 Å². The first-order chi connectivity index (χ1) is 12.0. The van der Waals surface area contributed by atoms with E-state index < -0.39 is 17.9 Å². The Bertz CT molecular complexity index is 901. The number of benzene rings is 2. The fourth-order valence-corrected chi connectivity index (χ4v) is 4.02. The average Bonchev–Trinajstić information content (AvgIpc) is 2.69. The zero-order chi connectivity index (χ0) is 17.7. The van der Waals surface area contributed by atoms with Crippen molar-refractivity contribution in [2.75, 3.05) is 4.90 Å². The summed E-state index contributed by atoms with van der Waals surface area (Å²) in [6.45, 7) is 0. The van der Waals surface area contributed by atoms with Crippen molar-refractivity contribution in [2.24, 2.45) is 5.92 Å². The number of aliphatic carboxylic acids is 1. The largest absolute Gasteiger partial charge is 0.481 e. The molecule has 0 spiro atoms. The summed E-state index contributed by atoms with van der Waals surface area (Å²) in [5.41, 5.74) is 1.18. The first kappa shape index (κ1) is 16.4. The lowest BCUT2D eigenvalue weighted by molar-refractivity contribution is -0.144. The van der Waals surface area contributed by atoms with Crippen molar-refractivity contribution in [3.63, 3.8) is 0 Å². The van der Waals surface area contributed by atoms with E-state index in [4.69, 9.17) is 16.3 Å². The predicted molar refractivity (Wildman–Crippen MR) is 96.3 cm³/mol. The van der Waals surface area contributed by atoms with Crippen LogP contribution in [0.2, 0.25) is 5.02 Å². The molecule has 25 heavy (non-hydrogen) atoms. The molecule has 128 valence electrons. The second-order valence-electron chi connectivity index (χ2n) is 6.09. The standard InChI is InChI=1S/C18H13BrClNO4/c19-9-1-3-11-15(7-9)25-14-5-2-10(20)8-13(14)21-16(22)6-4-12(17(11)21)18(23)24/h1-3,5,7-8,12,17H,4,6H2,(H,23,24). The van der Waals surface area contributed by atoms with E-state index in [2.05, 4.69) is 15.9 Å². The predicted octanol–water partition coefficient (Wildman–Crippen LogP) is 4.78. The molecule has 1 N–H and O–H groups in total. The van der Waals surface area contributed by atoms with Crippen LogP contribution in [-0.2, 0) is 9.59 Å². The Labute approximate surface area is 157 Å². The molecule has 0 saturated carbocycles. The second kappa shape index (κ2) is 6.04. The molecule has 0 bridgehead atoms. The van der Waals surface area contributed by atoms with Gasteiger partial charge in [0, 0.05) is 21.5 Å². The summed E-state index contributed by atoms with van der Waals surface area (Å²) >= 11 is 9.54. The van der Waals surface area contributed by atoms with Crippen molar-refractivity contribution in [1.29, 1.82) is 0 Å². The molecule has 1 amide bonds. The van der Waals surface area contributed by atoms with Crippen LogP contribution in [0.5, 0.6) is 11.5 Å². The topological polar surface area (TPSA) is 66.8 Å². The van der Waals surface area contributed by atoms with Crippen molar-refractivity contribution in [2.45, 2.75) is 18.9 Å². The van der Waals surface area contributed by atoms with Gasteiger partial charge < -0.3 is 14.7 Å². The number of ether oxygens (including phenoxy) is 1. The number of carbonyl (C=O) groups is 2. The van der Waals surface area contributed by atoms with E-state index in [1.165, 1.54) is 4.90 Å². The molecule has 0 aliphatic carbocycles. The molecule has 1 saturated heterocycles. The van der Waals surface area contributed by atoms with Gasteiger partial charge in [0.25, 0.3) is 0 Å². The normalized spacial score (nSPS) is 21.5. The number of piperidine rings is 1. The molecular weight excluding hydrogens is 410 g/mol. The zero-order valence-corrected chi connectivity index (χ0v) is 15.3. The minimum atomic E-state index is -0.929. The molecule has 0 radical (unpaired) electrons. The van der Waals surface area contributed by atoms with E-state index in [1.807, 2.05) is 6.07 Å². The minimum Gasteiger partial charge on any atom is -0.481 e. The molecule has 7 heteroatoms. The maximum absolute atomic E-state index is 12.7. The molecule has 2 aliphatic rings. The number of halogens is 2. The van der Waals surface area contributed by atoms with Gasteiger partial charge in [0.2, 0.25) is 5.91 Å². The number of carboxylic acids is 1. The van der Waals surface area contributed by atoms with E-state index in [-0.39, 0.29) is 12.3 Å². The lowest BCUT2D eigenvalue weighted by Gasteiger charge is -2.38. The number of nitrogens with zero attached hydrogens (tertiary/aromatic N) is 1. The summed E-state index contributed by atoms with van der Waals surface area (Å²) in [6, 6.07) is 9.80. The highest BCUT2D eigenvalue weighted by Crippen LogP contribution is 2.50. The number of fused-ring (bicyclic) bond motifs is 5. The Hall–Kier alpha value is -2.05. The summed E-state index contributed by atoms with van der Waals surface area (Å²) in [5, 5.41) is 10.2. The van der Waals surface area contributed by atoms with Gasteiger partial charge in [-0.15, -0.1) is 0 Å². The third kappa shape index (κ3) is 2.69. The van der Waals surface area contributed by atoms with Gasteiger partial charge in [-0.3, -0.25) is 9.59 Å². The fourth-order valence-electron chi connectivity index (χ4n) is 3.52. The van der Waals surface area contributed by atoms with E-state index in [9.17, 15) is 14.7 Å². The molecule has 2 atom stereocenters.